The molecule has 34 heavy (non-hydrogen) atoms. The molecule has 0 atom stereocenters. The Morgan fingerprint density at radius 1 is 1.15 bits per heavy atom. The molecule has 0 aliphatic rings. The Kier molecular flexibility index (Phi) is 10.00. The Balaban J connectivity index is 1.64. The zero-order valence-electron chi connectivity index (χ0n) is 20.6. The molecule has 0 unspecified atom stereocenters. The number of hydrogen-bond donors (Lipinski definition) is 2. The molecule has 184 valence electrons. The quantitative estimate of drug-likeness (QED) is 0.189. The molecule has 0 saturated carbocycles. The van der Waals surface area contributed by atoms with Gasteiger partial charge in [0, 0.05) is 24.4 Å². The van der Waals surface area contributed by atoms with Crippen molar-refractivity contribution in [1.82, 2.24) is 25.1 Å². The van der Waals surface area contributed by atoms with Crippen LogP contribution < -0.4 is 15.4 Å². The van der Waals surface area contributed by atoms with Crippen LogP contribution in [0.1, 0.15) is 57.3 Å². The van der Waals surface area contributed by atoms with Crippen LogP contribution in [-0.2, 0) is 6.54 Å². The highest BCUT2D eigenvalue weighted by Gasteiger charge is 2.14. The number of amides is 1. The highest BCUT2D eigenvalue weighted by atomic mass is 32.2. The second-order valence-electron chi connectivity index (χ2n) is 8.57. The summed E-state index contributed by atoms with van der Waals surface area (Å²) in [5, 5.41) is 12.6. The van der Waals surface area contributed by atoms with E-state index < -0.39 is 0 Å². The van der Waals surface area contributed by atoms with Gasteiger partial charge in [-0.2, -0.15) is 5.10 Å². The number of carbonyl (C=O) groups excluding carboxylic acids is 1. The Morgan fingerprint density at radius 3 is 2.65 bits per heavy atom. The van der Waals surface area contributed by atoms with E-state index in [4.69, 9.17) is 14.7 Å². The van der Waals surface area contributed by atoms with Gasteiger partial charge in [-0.05, 0) is 43.0 Å². The SMILES string of the molecule is CCCCOc1ccc(C(=O)NCCn2ncc3c(NCC(C)C)nc(SCCC)nc32)cc1. The van der Waals surface area contributed by atoms with Crippen molar-refractivity contribution in [3.63, 3.8) is 0 Å². The van der Waals surface area contributed by atoms with E-state index in [1.165, 1.54) is 0 Å². The van der Waals surface area contributed by atoms with E-state index in [1.54, 1.807) is 30.1 Å². The molecule has 2 N–H and O–H groups in total. The summed E-state index contributed by atoms with van der Waals surface area (Å²) in [6.45, 7) is 11.1. The first-order chi connectivity index (χ1) is 16.5. The second kappa shape index (κ2) is 13.2. The molecular formula is C25H36N6O2S. The van der Waals surface area contributed by atoms with Crippen molar-refractivity contribution in [3.05, 3.63) is 36.0 Å². The topological polar surface area (TPSA) is 94.0 Å². The Morgan fingerprint density at radius 2 is 1.94 bits per heavy atom. The van der Waals surface area contributed by atoms with Crippen molar-refractivity contribution in [2.75, 3.05) is 30.8 Å². The number of fused-ring (bicyclic) bond motifs is 1. The van der Waals surface area contributed by atoms with Crippen molar-refractivity contribution in [2.24, 2.45) is 5.92 Å². The first kappa shape index (κ1) is 25.8. The first-order valence-electron chi connectivity index (χ1n) is 12.1. The third-order valence-electron chi connectivity index (χ3n) is 5.08. The summed E-state index contributed by atoms with van der Waals surface area (Å²) < 4.78 is 7.50. The molecule has 8 nitrogen and oxygen atoms in total. The number of unbranched alkanes of at least 4 members (excludes halogenated alkanes) is 1. The summed E-state index contributed by atoms with van der Waals surface area (Å²) in [7, 11) is 0. The highest BCUT2D eigenvalue weighted by molar-refractivity contribution is 7.99. The summed E-state index contributed by atoms with van der Waals surface area (Å²) >= 11 is 1.65. The van der Waals surface area contributed by atoms with Gasteiger partial charge in [-0.25, -0.2) is 14.6 Å². The molecule has 2 heterocycles. The van der Waals surface area contributed by atoms with Crippen LogP contribution in [0.5, 0.6) is 5.75 Å². The van der Waals surface area contributed by atoms with E-state index in [0.29, 0.717) is 31.2 Å². The lowest BCUT2D eigenvalue weighted by atomic mass is 10.2. The molecule has 0 radical (unpaired) electrons. The van der Waals surface area contributed by atoms with Gasteiger partial charge in [-0.15, -0.1) is 0 Å². The van der Waals surface area contributed by atoms with E-state index in [2.05, 4.69) is 43.4 Å². The van der Waals surface area contributed by atoms with E-state index in [-0.39, 0.29) is 5.91 Å². The van der Waals surface area contributed by atoms with Crippen molar-refractivity contribution in [2.45, 2.75) is 58.7 Å². The van der Waals surface area contributed by atoms with Gasteiger partial charge in [0.2, 0.25) is 0 Å². The molecule has 9 heteroatoms. The number of rotatable bonds is 14. The lowest BCUT2D eigenvalue weighted by molar-refractivity contribution is 0.0952. The molecule has 3 aromatic rings. The molecule has 0 aliphatic heterocycles. The number of thioether (sulfide) groups is 1. The van der Waals surface area contributed by atoms with Crippen LogP contribution in [0.3, 0.4) is 0 Å². The molecular weight excluding hydrogens is 448 g/mol. The van der Waals surface area contributed by atoms with Gasteiger partial charge in [0.1, 0.15) is 11.6 Å². The lowest BCUT2D eigenvalue weighted by Gasteiger charge is -2.11. The molecule has 0 aliphatic carbocycles. The van der Waals surface area contributed by atoms with Gasteiger partial charge < -0.3 is 15.4 Å². The lowest BCUT2D eigenvalue weighted by Crippen LogP contribution is -2.27. The van der Waals surface area contributed by atoms with Crippen LogP contribution in [-0.4, -0.2) is 51.1 Å². The first-order valence-corrected chi connectivity index (χ1v) is 13.1. The Labute approximate surface area is 206 Å². The molecule has 0 saturated heterocycles. The minimum absolute atomic E-state index is 0.121. The Bertz CT molecular complexity index is 1050. The van der Waals surface area contributed by atoms with E-state index in [0.717, 1.165) is 59.3 Å². The minimum Gasteiger partial charge on any atom is -0.494 e. The summed E-state index contributed by atoms with van der Waals surface area (Å²) in [5.41, 5.74) is 1.39. The number of carbonyl (C=O) groups is 1. The Hall–Kier alpha value is -2.81. The molecule has 0 spiro atoms. The molecule has 2 aromatic heterocycles. The fraction of sp³-hybridized carbons (Fsp3) is 0.520. The van der Waals surface area contributed by atoms with Crippen LogP contribution in [0, 0.1) is 5.92 Å². The third kappa shape index (κ3) is 7.35. The van der Waals surface area contributed by atoms with Gasteiger partial charge in [0.05, 0.1) is 24.7 Å². The van der Waals surface area contributed by atoms with Crippen molar-refractivity contribution >= 4 is 34.5 Å². The smallest absolute Gasteiger partial charge is 0.251 e. The fourth-order valence-corrected chi connectivity index (χ4v) is 3.90. The molecule has 1 amide bonds. The van der Waals surface area contributed by atoms with Crippen molar-refractivity contribution < 1.29 is 9.53 Å². The summed E-state index contributed by atoms with van der Waals surface area (Å²) in [5.74, 6) is 2.94. The highest BCUT2D eigenvalue weighted by Crippen LogP contribution is 2.25. The standard InChI is InChI=1S/C25H36N6O2S/c1-5-7-14-33-20-10-8-19(9-11-20)24(32)26-12-13-31-23-21(17-28-31)22(27-16-18(3)4)29-25(30-23)34-15-6-2/h8-11,17-18H,5-7,12-16H2,1-4H3,(H,26,32)(H,27,29,30). The van der Waals surface area contributed by atoms with Crippen LogP contribution in [0.2, 0.25) is 0 Å². The maximum absolute atomic E-state index is 12.6. The molecule has 0 bridgehead atoms. The van der Waals surface area contributed by atoms with E-state index >= 15 is 0 Å². The van der Waals surface area contributed by atoms with Crippen LogP contribution in [0.15, 0.2) is 35.6 Å². The minimum atomic E-state index is -0.121. The monoisotopic (exact) mass is 484 g/mol. The fourth-order valence-electron chi connectivity index (χ4n) is 3.21. The number of ether oxygens (including phenoxy) is 1. The number of nitrogens with zero attached hydrogens (tertiary/aromatic N) is 4. The van der Waals surface area contributed by atoms with Gasteiger partial charge in [-0.3, -0.25) is 4.79 Å². The van der Waals surface area contributed by atoms with Crippen molar-refractivity contribution in [1.29, 1.82) is 0 Å². The van der Waals surface area contributed by atoms with Gasteiger partial charge in [0.15, 0.2) is 10.8 Å². The van der Waals surface area contributed by atoms with Crippen molar-refractivity contribution in [3.8, 4) is 5.75 Å². The summed E-state index contributed by atoms with van der Waals surface area (Å²) in [4.78, 5) is 22.0. The maximum Gasteiger partial charge on any atom is 0.251 e. The average molecular weight is 485 g/mol. The summed E-state index contributed by atoms with van der Waals surface area (Å²) in [6.07, 6.45) is 4.96. The third-order valence-corrected chi connectivity index (χ3v) is 6.13. The summed E-state index contributed by atoms with van der Waals surface area (Å²) in [6, 6.07) is 7.25. The van der Waals surface area contributed by atoms with Gasteiger partial charge >= 0.3 is 0 Å². The largest absolute Gasteiger partial charge is 0.494 e. The zero-order chi connectivity index (χ0) is 24.3. The predicted molar refractivity (Wildman–Crippen MR) is 139 cm³/mol. The molecule has 0 fully saturated rings. The normalized spacial score (nSPS) is 11.2. The average Bonchev–Trinajstić information content (AvgIpc) is 3.24. The number of hydrogen-bond acceptors (Lipinski definition) is 7. The number of aromatic nitrogens is 4. The zero-order valence-corrected chi connectivity index (χ0v) is 21.5. The van der Waals surface area contributed by atoms with E-state index in [9.17, 15) is 4.79 Å². The molecule has 1 aromatic carbocycles. The van der Waals surface area contributed by atoms with E-state index in [1.807, 2.05) is 16.8 Å². The number of nitrogens with one attached hydrogen (secondary N) is 2. The molecule has 3 rings (SSSR count). The predicted octanol–water partition coefficient (Wildman–Crippen LogP) is 5.01. The van der Waals surface area contributed by atoms with Gasteiger partial charge in [-0.1, -0.05) is 45.9 Å². The second-order valence-corrected chi connectivity index (χ2v) is 9.63. The van der Waals surface area contributed by atoms with Gasteiger partial charge in [0.25, 0.3) is 5.91 Å². The number of anilines is 1. The maximum atomic E-state index is 12.6. The van der Waals surface area contributed by atoms with Crippen LogP contribution >= 0.6 is 11.8 Å². The van der Waals surface area contributed by atoms with Crippen LogP contribution in [0.4, 0.5) is 5.82 Å². The van der Waals surface area contributed by atoms with Crippen LogP contribution in [0.25, 0.3) is 11.0 Å². The number of benzene rings is 1.